The van der Waals surface area contributed by atoms with E-state index in [1.807, 2.05) is 0 Å². The average Bonchev–Trinajstić information content (AvgIpc) is 2.43. The number of sulfonamides is 1. The molecule has 0 bridgehead atoms. The summed E-state index contributed by atoms with van der Waals surface area (Å²) in [7, 11) is -1.14. The predicted octanol–water partition coefficient (Wildman–Crippen LogP) is 1.93. The molecule has 1 N–H and O–H groups in total. The highest BCUT2D eigenvalue weighted by molar-refractivity contribution is 9.10. The second-order valence-corrected chi connectivity index (χ2v) is 7.23. The van der Waals surface area contributed by atoms with E-state index >= 15 is 0 Å². The Kier molecular flexibility index (Phi) is 6.18. The molecule has 1 aromatic rings. The van der Waals surface area contributed by atoms with E-state index in [0.29, 0.717) is 10.2 Å². The highest BCUT2D eigenvalue weighted by atomic mass is 79.9. The fraction of sp³-hybridized carbons (Fsp3) is 0.462. The maximum absolute atomic E-state index is 12.3. The molecule has 118 valence electrons. The molecule has 0 fully saturated rings. The minimum Gasteiger partial charge on any atom is -0.496 e. The second-order valence-electron chi connectivity index (χ2n) is 4.66. The average molecular weight is 380 g/mol. The van der Waals surface area contributed by atoms with E-state index in [1.165, 1.54) is 32.4 Å². The van der Waals surface area contributed by atoms with E-state index in [9.17, 15) is 13.2 Å². The minimum absolute atomic E-state index is 0.0322. The van der Waals surface area contributed by atoms with Crippen LogP contribution in [0.25, 0.3) is 0 Å². The van der Waals surface area contributed by atoms with Crippen molar-refractivity contribution in [1.29, 1.82) is 0 Å². The molecule has 0 aliphatic carbocycles. The van der Waals surface area contributed by atoms with Gasteiger partial charge in [0.1, 0.15) is 11.8 Å². The van der Waals surface area contributed by atoms with Gasteiger partial charge in [-0.3, -0.25) is 4.79 Å². The van der Waals surface area contributed by atoms with Crippen LogP contribution in [0.4, 0.5) is 0 Å². The lowest BCUT2D eigenvalue weighted by molar-refractivity contribution is -0.143. The molecule has 0 spiro atoms. The Morgan fingerprint density at radius 2 is 1.90 bits per heavy atom. The molecule has 1 rings (SSSR count). The summed E-state index contributed by atoms with van der Waals surface area (Å²) in [6.45, 7) is 3.46. The van der Waals surface area contributed by atoms with Crippen molar-refractivity contribution >= 4 is 31.9 Å². The molecule has 0 unspecified atom stereocenters. The van der Waals surface area contributed by atoms with E-state index < -0.39 is 22.0 Å². The number of hydrogen-bond donors (Lipinski definition) is 1. The highest BCUT2D eigenvalue weighted by Crippen LogP contribution is 2.27. The van der Waals surface area contributed by atoms with Crippen LogP contribution in [0.5, 0.6) is 5.75 Å². The SMILES string of the molecule is COC(=O)[C@@H](NS(=O)(=O)c1ccc(OC)c(Br)c1)C(C)C. The van der Waals surface area contributed by atoms with Crippen LogP contribution in [0.15, 0.2) is 27.6 Å². The van der Waals surface area contributed by atoms with Crippen LogP contribution in [0.2, 0.25) is 0 Å². The molecular weight excluding hydrogens is 362 g/mol. The van der Waals surface area contributed by atoms with E-state index in [1.54, 1.807) is 13.8 Å². The van der Waals surface area contributed by atoms with E-state index in [2.05, 4.69) is 25.4 Å². The second kappa shape index (κ2) is 7.24. The summed E-state index contributed by atoms with van der Waals surface area (Å²) in [5.41, 5.74) is 0. The number of carbonyl (C=O) groups excluding carboxylic acids is 1. The fourth-order valence-electron chi connectivity index (χ4n) is 1.63. The van der Waals surface area contributed by atoms with Gasteiger partial charge in [0, 0.05) is 0 Å². The van der Waals surface area contributed by atoms with Crippen molar-refractivity contribution in [2.75, 3.05) is 14.2 Å². The summed E-state index contributed by atoms with van der Waals surface area (Å²) in [6.07, 6.45) is 0. The zero-order valence-corrected chi connectivity index (χ0v) is 14.6. The Morgan fingerprint density at radius 1 is 1.29 bits per heavy atom. The van der Waals surface area contributed by atoms with Gasteiger partial charge in [0.2, 0.25) is 10.0 Å². The van der Waals surface area contributed by atoms with Gasteiger partial charge < -0.3 is 9.47 Å². The molecule has 0 saturated carbocycles. The zero-order valence-electron chi connectivity index (χ0n) is 12.2. The molecule has 1 aromatic carbocycles. The van der Waals surface area contributed by atoms with Gasteiger partial charge in [0.15, 0.2) is 0 Å². The molecule has 6 nitrogen and oxygen atoms in total. The quantitative estimate of drug-likeness (QED) is 0.763. The third kappa shape index (κ3) is 4.42. The topological polar surface area (TPSA) is 81.7 Å². The van der Waals surface area contributed by atoms with Crippen LogP contribution in [-0.4, -0.2) is 34.6 Å². The maximum Gasteiger partial charge on any atom is 0.324 e. The Balaban J connectivity index is 3.10. The molecule has 0 saturated heterocycles. The Labute approximate surface area is 133 Å². The first-order valence-electron chi connectivity index (χ1n) is 6.16. The molecule has 8 heteroatoms. The van der Waals surface area contributed by atoms with E-state index in [-0.39, 0.29) is 10.8 Å². The predicted molar refractivity (Wildman–Crippen MR) is 81.7 cm³/mol. The zero-order chi connectivity index (χ0) is 16.2. The van der Waals surface area contributed by atoms with Crippen LogP contribution in [0.1, 0.15) is 13.8 Å². The minimum atomic E-state index is -3.84. The molecule has 21 heavy (non-hydrogen) atoms. The molecule has 0 aliphatic heterocycles. The Hall–Kier alpha value is -1.12. The molecule has 0 heterocycles. The van der Waals surface area contributed by atoms with Crippen molar-refractivity contribution in [2.45, 2.75) is 24.8 Å². The molecule has 0 aromatic heterocycles. The van der Waals surface area contributed by atoms with Crippen LogP contribution < -0.4 is 9.46 Å². The maximum atomic E-state index is 12.3. The van der Waals surface area contributed by atoms with Crippen molar-refractivity contribution in [3.05, 3.63) is 22.7 Å². The van der Waals surface area contributed by atoms with Crippen molar-refractivity contribution in [3.63, 3.8) is 0 Å². The normalized spacial score (nSPS) is 13.0. The van der Waals surface area contributed by atoms with E-state index in [0.717, 1.165) is 0 Å². The number of hydrogen-bond acceptors (Lipinski definition) is 5. The standard InChI is InChI=1S/C13H18BrNO5S/c1-8(2)12(13(16)20-4)15-21(17,18)9-5-6-11(19-3)10(14)7-9/h5-8,12,15H,1-4H3/t12-/m0/s1. The first-order chi connectivity index (χ1) is 9.72. The van der Waals surface area contributed by atoms with Gasteiger partial charge in [-0.2, -0.15) is 4.72 Å². The van der Waals surface area contributed by atoms with E-state index in [4.69, 9.17) is 4.74 Å². The summed E-state index contributed by atoms with van der Waals surface area (Å²) in [4.78, 5) is 11.7. The van der Waals surface area contributed by atoms with Crippen molar-refractivity contribution < 1.29 is 22.7 Å². The largest absolute Gasteiger partial charge is 0.496 e. The lowest BCUT2D eigenvalue weighted by Gasteiger charge is -2.20. The third-order valence-corrected chi connectivity index (χ3v) is 4.90. The summed E-state index contributed by atoms with van der Waals surface area (Å²) < 4.78 is 37.2. The molecule has 1 atom stereocenters. The number of halogens is 1. The number of esters is 1. The summed E-state index contributed by atoms with van der Waals surface area (Å²) >= 11 is 3.23. The van der Waals surface area contributed by atoms with Gasteiger partial charge in [0.05, 0.1) is 23.6 Å². The third-order valence-electron chi connectivity index (χ3n) is 2.84. The van der Waals surface area contributed by atoms with Crippen LogP contribution in [0, 0.1) is 5.92 Å². The van der Waals surface area contributed by atoms with Gasteiger partial charge >= 0.3 is 5.97 Å². The van der Waals surface area contributed by atoms with Gasteiger partial charge in [-0.15, -0.1) is 0 Å². The number of benzene rings is 1. The lowest BCUT2D eigenvalue weighted by atomic mass is 10.1. The summed E-state index contributed by atoms with van der Waals surface area (Å²) in [6, 6.07) is 3.40. The number of carbonyl (C=O) groups is 1. The molecular formula is C13H18BrNO5S. The lowest BCUT2D eigenvalue weighted by Crippen LogP contribution is -2.44. The smallest absolute Gasteiger partial charge is 0.324 e. The Bertz CT molecular complexity index is 615. The summed E-state index contributed by atoms with van der Waals surface area (Å²) in [5.74, 6) is -0.350. The number of methoxy groups -OCH3 is 2. The number of ether oxygens (including phenoxy) is 2. The van der Waals surface area contributed by atoms with Gasteiger partial charge in [0.25, 0.3) is 0 Å². The van der Waals surface area contributed by atoms with Gasteiger partial charge in [-0.1, -0.05) is 13.8 Å². The van der Waals surface area contributed by atoms with Crippen molar-refractivity contribution in [2.24, 2.45) is 5.92 Å². The molecule has 0 aliphatic rings. The van der Waals surface area contributed by atoms with Gasteiger partial charge in [-0.05, 0) is 40.0 Å². The summed E-state index contributed by atoms with van der Waals surface area (Å²) in [5, 5.41) is 0. The molecule has 0 amide bonds. The number of nitrogens with one attached hydrogen (secondary N) is 1. The van der Waals surface area contributed by atoms with Crippen molar-refractivity contribution in [1.82, 2.24) is 4.72 Å². The monoisotopic (exact) mass is 379 g/mol. The highest BCUT2D eigenvalue weighted by Gasteiger charge is 2.29. The van der Waals surface area contributed by atoms with Crippen LogP contribution in [-0.2, 0) is 19.6 Å². The van der Waals surface area contributed by atoms with Crippen LogP contribution >= 0.6 is 15.9 Å². The van der Waals surface area contributed by atoms with Crippen molar-refractivity contribution in [3.8, 4) is 5.75 Å². The number of rotatable bonds is 6. The first-order valence-corrected chi connectivity index (χ1v) is 8.44. The Morgan fingerprint density at radius 3 is 2.33 bits per heavy atom. The fourth-order valence-corrected chi connectivity index (χ4v) is 3.68. The first kappa shape index (κ1) is 17.9. The van der Waals surface area contributed by atoms with Crippen LogP contribution in [0.3, 0.4) is 0 Å². The molecule has 0 radical (unpaired) electrons. The van der Waals surface area contributed by atoms with Gasteiger partial charge in [-0.25, -0.2) is 8.42 Å².